The molecule has 0 amide bonds. The highest BCUT2D eigenvalue weighted by molar-refractivity contribution is 5.40. The topological polar surface area (TPSA) is 47.0 Å². The first-order chi connectivity index (χ1) is 8.29. The second-order valence-corrected chi connectivity index (χ2v) is 4.26. The van der Waals surface area contributed by atoms with Crippen molar-refractivity contribution >= 4 is 0 Å². The van der Waals surface area contributed by atoms with Gasteiger partial charge in [-0.05, 0) is 31.4 Å². The number of fused-ring (bicyclic) bond motifs is 1. The van der Waals surface area contributed by atoms with Crippen LogP contribution in [0.1, 0.15) is 17.7 Å². The molecule has 0 aliphatic heterocycles. The molecule has 0 bridgehead atoms. The quantitative estimate of drug-likeness (QED) is 0.853. The Labute approximate surface area is 98.8 Å². The number of aromatic amines is 1. The van der Waals surface area contributed by atoms with E-state index < -0.39 is 0 Å². The molecule has 0 radical (unpaired) electrons. The molecule has 2 aromatic rings. The van der Waals surface area contributed by atoms with Crippen LogP contribution in [-0.4, -0.2) is 16.9 Å². The Kier molecular flexibility index (Phi) is 2.28. The minimum absolute atomic E-state index is 0.0748. The van der Waals surface area contributed by atoms with Gasteiger partial charge in [0.15, 0.2) is 0 Å². The number of nitrogens with zero attached hydrogens (tertiary/aromatic N) is 1. The number of hydrogen-bond donors (Lipinski definition) is 1. The van der Waals surface area contributed by atoms with Crippen LogP contribution < -0.4 is 10.3 Å². The number of aromatic nitrogens is 2. The zero-order valence-electron chi connectivity index (χ0n) is 9.69. The average Bonchev–Trinajstić information content (AvgIpc) is 2.93. The predicted octanol–water partition coefficient (Wildman–Crippen LogP) is 1.66. The Morgan fingerprint density at radius 1 is 1.35 bits per heavy atom. The van der Waals surface area contributed by atoms with E-state index in [2.05, 4.69) is 5.10 Å². The number of aryl methyl sites for hydroxylation is 1. The Hall–Kier alpha value is -1.97. The van der Waals surface area contributed by atoms with Gasteiger partial charge < -0.3 is 4.74 Å². The Bertz CT molecular complexity index is 610. The van der Waals surface area contributed by atoms with Crippen LogP contribution in [0.15, 0.2) is 29.1 Å². The fourth-order valence-electron chi connectivity index (χ4n) is 2.36. The number of H-pyrrole nitrogens is 1. The van der Waals surface area contributed by atoms with Crippen molar-refractivity contribution in [3.05, 3.63) is 45.9 Å². The van der Waals surface area contributed by atoms with E-state index in [1.807, 2.05) is 24.3 Å². The second kappa shape index (κ2) is 3.80. The van der Waals surface area contributed by atoms with Gasteiger partial charge in [-0.2, -0.15) is 0 Å². The van der Waals surface area contributed by atoms with Crippen molar-refractivity contribution in [1.82, 2.24) is 9.78 Å². The number of rotatable bonds is 2. The molecular weight excluding hydrogens is 216 g/mol. The molecule has 4 heteroatoms. The Morgan fingerprint density at radius 3 is 3.00 bits per heavy atom. The molecule has 0 spiro atoms. The van der Waals surface area contributed by atoms with E-state index in [0.717, 1.165) is 42.0 Å². The summed E-state index contributed by atoms with van der Waals surface area (Å²) in [5.41, 5.74) is 2.92. The maximum atomic E-state index is 12.2. The molecule has 0 saturated heterocycles. The van der Waals surface area contributed by atoms with Crippen molar-refractivity contribution < 1.29 is 4.74 Å². The van der Waals surface area contributed by atoms with Gasteiger partial charge in [-0.25, -0.2) is 4.68 Å². The molecule has 1 aliphatic carbocycles. The lowest BCUT2D eigenvalue weighted by molar-refractivity contribution is 0.414. The maximum Gasteiger partial charge on any atom is 0.274 e. The first kappa shape index (κ1) is 10.2. The van der Waals surface area contributed by atoms with E-state index in [1.54, 1.807) is 11.8 Å². The predicted molar refractivity (Wildman–Crippen MR) is 65.0 cm³/mol. The van der Waals surface area contributed by atoms with E-state index in [4.69, 9.17) is 4.74 Å². The molecule has 1 N–H and O–H groups in total. The standard InChI is InChI=1S/C13H14N2O2/c1-17-10-5-2-4-9(8-10)15-13(16)11-6-3-7-12(11)14-15/h2,4-5,8,14H,3,6-7H2,1H3. The molecule has 17 heavy (non-hydrogen) atoms. The monoisotopic (exact) mass is 230 g/mol. The van der Waals surface area contributed by atoms with Crippen LogP contribution >= 0.6 is 0 Å². The molecule has 4 nitrogen and oxygen atoms in total. The van der Waals surface area contributed by atoms with Gasteiger partial charge in [-0.3, -0.25) is 9.89 Å². The summed E-state index contributed by atoms with van der Waals surface area (Å²) in [6.07, 6.45) is 2.94. The van der Waals surface area contributed by atoms with Gasteiger partial charge in [-0.1, -0.05) is 6.07 Å². The van der Waals surface area contributed by atoms with E-state index in [9.17, 15) is 4.79 Å². The summed E-state index contributed by atoms with van der Waals surface area (Å²) >= 11 is 0. The minimum atomic E-state index is 0.0748. The van der Waals surface area contributed by atoms with Crippen LogP contribution in [0.3, 0.4) is 0 Å². The van der Waals surface area contributed by atoms with Crippen molar-refractivity contribution in [3.63, 3.8) is 0 Å². The summed E-state index contributed by atoms with van der Waals surface area (Å²) in [4.78, 5) is 12.2. The van der Waals surface area contributed by atoms with Crippen molar-refractivity contribution in [2.45, 2.75) is 19.3 Å². The second-order valence-electron chi connectivity index (χ2n) is 4.26. The van der Waals surface area contributed by atoms with E-state index in [-0.39, 0.29) is 5.56 Å². The van der Waals surface area contributed by atoms with Crippen molar-refractivity contribution in [1.29, 1.82) is 0 Å². The largest absolute Gasteiger partial charge is 0.497 e. The Morgan fingerprint density at radius 2 is 2.24 bits per heavy atom. The SMILES string of the molecule is COc1cccc(-n2[nH]c3c(c2=O)CCC3)c1. The lowest BCUT2D eigenvalue weighted by Gasteiger charge is -2.04. The van der Waals surface area contributed by atoms with Crippen LogP contribution in [0.5, 0.6) is 5.75 Å². The molecule has 0 fully saturated rings. The van der Waals surface area contributed by atoms with E-state index in [1.165, 1.54) is 0 Å². The zero-order valence-corrected chi connectivity index (χ0v) is 9.69. The molecule has 1 aromatic heterocycles. The third kappa shape index (κ3) is 1.56. The fraction of sp³-hybridized carbons (Fsp3) is 0.308. The molecule has 0 atom stereocenters. The fourth-order valence-corrected chi connectivity index (χ4v) is 2.36. The number of ether oxygens (including phenoxy) is 1. The lowest BCUT2D eigenvalue weighted by Crippen LogP contribution is -2.17. The summed E-state index contributed by atoms with van der Waals surface area (Å²) in [6.45, 7) is 0. The summed E-state index contributed by atoms with van der Waals surface area (Å²) in [5.74, 6) is 0.754. The van der Waals surface area contributed by atoms with Gasteiger partial charge in [0.05, 0.1) is 12.8 Å². The first-order valence-electron chi connectivity index (χ1n) is 5.77. The Balaban J connectivity index is 2.12. The maximum absolute atomic E-state index is 12.2. The third-order valence-corrected chi connectivity index (χ3v) is 3.24. The van der Waals surface area contributed by atoms with Gasteiger partial charge in [0.25, 0.3) is 5.56 Å². The third-order valence-electron chi connectivity index (χ3n) is 3.24. The molecule has 0 unspecified atom stereocenters. The summed E-state index contributed by atoms with van der Waals surface area (Å²) in [7, 11) is 1.62. The number of nitrogens with one attached hydrogen (secondary N) is 1. The summed E-state index contributed by atoms with van der Waals surface area (Å²) < 4.78 is 6.77. The molecule has 1 aliphatic rings. The van der Waals surface area contributed by atoms with Crippen LogP contribution in [-0.2, 0) is 12.8 Å². The molecule has 1 aromatic carbocycles. The molecule has 88 valence electrons. The average molecular weight is 230 g/mol. The first-order valence-corrected chi connectivity index (χ1v) is 5.77. The van der Waals surface area contributed by atoms with E-state index >= 15 is 0 Å². The highest BCUT2D eigenvalue weighted by Gasteiger charge is 2.19. The van der Waals surface area contributed by atoms with Gasteiger partial charge >= 0.3 is 0 Å². The molecule has 1 heterocycles. The van der Waals surface area contributed by atoms with Gasteiger partial charge in [0.2, 0.25) is 0 Å². The molecular formula is C13H14N2O2. The van der Waals surface area contributed by atoms with Crippen molar-refractivity contribution in [3.8, 4) is 11.4 Å². The van der Waals surface area contributed by atoms with Gasteiger partial charge in [0, 0.05) is 17.3 Å². The van der Waals surface area contributed by atoms with Gasteiger partial charge in [-0.15, -0.1) is 0 Å². The number of hydrogen-bond acceptors (Lipinski definition) is 2. The molecule has 0 saturated carbocycles. The van der Waals surface area contributed by atoms with Gasteiger partial charge in [0.1, 0.15) is 5.75 Å². The normalized spacial score (nSPS) is 13.7. The zero-order chi connectivity index (χ0) is 11.8. The van der Waals surface area contributed by atoms with Crippen LogP contribution in [0.2, 0.25) is 0 Å². The van der Waals surface area contributed by atoms with E-state index in [0.29, 0.717) is 0 Å². The number of benzene rings is 1. The highest BCUT2D eigenvalue weighted by Crippen LogP contribution is 2.19. The van der Waals surface area contributed by atoms with Crippen molar-refractivity contribution in [2.75, 3.05) is 7.11 Å². The highest BCUT2D eigenvalue weighted by atomic mass is 16.5. The molecule has 3 rings (SSSR count). The summed E-state index contributed by atoms with van der Waals surface area (Å²) in [6, 6.07) is 7.50. The van der Waals surface area contributed by atoms with Crippen LogP contribution in [0.4, 0.5) is 0 Å². The number of methoxy groups -OCH3 is 1. The summed E-state index contributed by atoms with van der Waals surface area (Å²) in [5, 5.41) is 3.18. The van der Waals surface area contributed by atoms with Crippen molar-refractivity contribution in [2.24, 2.45) is 0 Å². The minimum Gasteiger partial charge on any atom is -0.497 e. The lowest BCUT2D eigenvalue weighted by atomic mass is 10.3. The smallest absolute Gasteiger partial charge is 0.274 e. The van der Waals surface area contributed by atoms with Crippen LogP contribution in [0, 0.1) is 0 Å². The van der Waals surface area contributed by atoms with Crippen LogP contribution in [0.25, 0.3) is 5.69 Å².